The van der Waals surface area contributed by atoms with E-state index in [1.165, 1.54) is 6.33 Å². The summed E-state index contributed by atoms with van der Waals surface area (Å²) in [5.41, 5.74) is 1.82. The third-order valence-corrected chi connectivity index (χ3v) is 4.22. The van der Waals surface area contributed by atoms with Crippen LogP contribution in [0.2, 0.25) is 0 Å². The van der Waals surface area contributed by atoms with Gasteiger partial charge < -0.3 is 15.7 Å². The number of nitrogens with zero attached hydrogens (tertiary/aromatic N) is 4. The highest BCUT2D eigenvalue weighted by Gasteiger charge is 2.39. The van der Waals surface area contributed by atoms with Crippen molar-refractivity contribution >= 4 is 17.5 Å². The average molecular weight is 348 g/mol. The number of benzene rings is 1. The fourth-order valence-corrected chi connectivity index (χ4v) is 3.10. The summed E-state index contributed by atoms with van der Waals surface area (Å²) in [6.45, 7) is 4.00. The monoisotopic (exact) mass is 348 g/mol. The van der Waals surface area contributed by atoms with Crippen molar-refractivity contribution in [1.82, 2.24) is 19.7 Å². The topological polar surface area (TPSA) is 105 Å². The lowest BCUT2D eigenvalue weighted by molar-refractivity contribution is -0.119. The van der Waals surface area contributed by atoms with E-state index in [9.17, 15) is 9.90 Å². The number of anilines is 2. The summed E-state index contributed by atoms with van der Waals surface area (Å²) in [4.78, 5) is 21.2. The third kappa shape index (κ3) is 2.77. The largest absolute Gasteiger partial charge is 0.508 e. The molecule has 3 aromatic rings. The molecule has 0 spiro atoms. The first-order chi connectivity index (χ1) is 12.6. The summed E-state index contributed by atoms with van der Waals surface area (Å²) in [5.74, 6) is -0.315. The van der Waals surface area contributed by atoms with Crippen molar-refractivity contribution in [1.29, 1.82) is 0 Å². The van der Waals surface area contributed by atoms with Crippen molar-refractivity contribution < 1.29 is 9.90 Å². The lowest BCUT2D eigenvalue weighted by atomic mass is 9.88. The normalized spacial score (nSPS) is 18.7. The Bertz CT molecular complexity index is 969. The molecule has 26 heavy (non-hydrogen) atoms. The number of hydrogen-bond donors (Lipinski definition) is 3. The quantitative estimate of drug-likeness (QED) is 0.670. The van der Waals surface area contributed by atoms with Gasteiger partial charge in [-0.3, -0.25) is 9.78 Å². The first-order valence-corrected chi connectivity index (χ1v) is 7.98. The molecule has 3 heterocycles. The molecule has 0 saturated heterocycles. The number of rotatable bonds is 3. The van der Waals surface area contributed by atoms with E-state index in [1.54, 1.807) is 47.4 Å². The van der Waals surface area contributed by atoms with Gasteiger partial charge in [0.05, 0.1) is 17.9 Å². The molecular weight excluding hydrogens is 332 g/mol. The van der Waals surface area contributed by atoms with Crippen LogP contribution in [-0.4, -0.2) is 30.8 Å². The molecule has 2 atom stereocenters. The molecule has 0 fully saturated rings. The molecule has 0 radical (unpaired) electrons. The molecule has 4 rings (SSSR count). The van der Waals surface area contributed by atoms with Crippen molar-refractivity contribution in [2.24, 2.45) is 5.92 Å². The highest BCUT2D eigenvalue weighted by molar-refractivity contribution is 5.95. The van der Waals surface area contributed by atoms with E-state index in [2.05, 4.69) is 32.3 Å². The molecule has 1 aliphatic rings. The SMILES string of the molecule is C=C1Nc2ncnn2C(c2cccc(O)c2)C1C(=O)Nc1cccnc1. The van der Waals surface area contributed by atoms with Crippen molar-refractivity contribution in [2.75, 3.05) is 10.6 Å². The molecule has 0 saturated carbocycles. The van der Waals surface area contributed by atoms with Gasteiger partial charge >= 0.3 is 0 Å². The second-order valence-corrected chi connectivity index (χ2v) is 5.93. The van der Waals surface area contributed by atoms with E-state index >= 15 is 0 Å². The van der Waals surface area contributed by atoms with Crippen molar-refractivity contribution in [3.63, 3.8) is 0 Å². The minimum Gasteiger partial charge on any atom is -0.508 e. The van der Waals surface area contributed by atoms with E-state index in [4.69, 9.17) is 0 Å². The Balaban J connectivity index is 1.75. The van der Waals surface area contributed by atoms with Gasteiger partial charge in [-0.05, 0) is 29.8 Å². The highest BCUT2D eigenvalue weighted by atomic mass is 16.3. The van der Waals surface area contributed by atoms with Gasteiger partial charge in [-0.15, -0.1) is 0 Å². The van der Waals surface area contributed by atoms with Crippen molar-refractivity contribution in [3.8, 4) is 5.75 Å². The number of carbonyl (C=O) groups excluding carboxylic acids is 1. The van der Waals surface area contributed by atoms with Gasteiger partial charge in [0.1, 0.15) is 18.0 Å². The molecule has 1 aliphatic heterocycles. The number of nitrogens with one attached hydrogen (secondary N) is 2. The molecule has 0 bridgehead atoms. The van der Waals surface area contributed by atoms with Crippen LogP contribution in [0.5, 0.6) is 5.75 Å². The van der Waals surface area contributed by atoms with Crippen molar-refractivity contribution in [2.45, 2.75) is 6.04 Å². The smallest absolute Gasteiger partial charge is 0.236 e. The Morgan fingerprint density at radius 2 is 2.19 bits per heavy atom. The minimum absolute atomic E-state index is 0.111. The standard InChI is InChI=1S/C18H16N6O2/c1-11-15(17(26)23-13-5-3-7-19-9-13)16(12-4-2-6-14(25)8-12)24-18(22-11)20-10-21-24/h2-10,15-16,25H,1H2,(H,23,26)(H,20,21,22). The lowest BCUT2D eigenvalue weighted by Crippen LogP contribution is -2.39. The predicted molar refractivity (Wildman–Crippen MR) is 95.4 cm³/mol. The number of amides is 1. The Labute approximate surface area is 149 Å². The van der Waals surface area contributed by atoms with Gasteiger partial charge in [0.2, 0.25) is 11.9 Å². The molecule has 8 heteroatoms. The van der Waals surface area contributed by atoms with E-state index in [0.717, 1.165) is 5.56 Å². The van der Waals surface area contributed by atoms with Crippen LogP contribution in [0.4, 0.5) is 11.6 Å². The maximum Gasteiger partial charge on any atom is 0.236 e. The number of carbonyl (C=O) groups is 1. The zero-order valence-corrected chi connectivity index (χ0v) is 13.7. The van der Waals surface area contributed by atoms with Gasteiger partial charge in [0.25, 0.3) is 0 Å². The summed E-state index contributed by atoms with van der Waals surface area (Å²) in [7, 11) is 0. The number of phenols is 1. The summed E-state index contributed by atoms with van der Waals surface area (Å²) in [6.07, 6.45) is 4.61. The van der Waals surface area contributed by atoms with Crippen LogP contribution in [0, 0.1) is 5.92 Å². The Hall–Kier alpha value is -3.68. The van der Waals surface area contributed by atoms with Crippen LogP contribution < -0.4 is 10.6 Å². The lowest BCUT2D eigenvalue weighted by Gasteiger charge is -2.33. The number of pyridine rings is 1. The Morgan fingerprint density at radius 3 is 2.96 bits per heavy atom. The van der Waals surface area contributed by atoms with E-state index in [-0.39, 0.29) is 11.7 Å². The zero-order valence-electron chi connectivity index (χ0n) is 13.7. The highest BCUT2D eigenvalue weighted by Crippen LogP contribution is 2.38. The number of aromatic hydroxyl groups is 1. The molecular formula is C18H16N6O2. The number of phenolic OH excluding ortho intramolecular Hbond substituents is 1. The van der Waals surface area contributed by atoms with E-state index in [1.807, 2.05) is 6.07 Å². The van der Waals surface area contributed by atoms with Gasteiger partial charge in [-0.25, -0.2) is 4.68 Å². The fourth-order valence-electron chi connectivity index (χ4n) is 3.10. The molecule has 3 N–H and O–H groups in total. The number of hydrogen-bond acceptors (Lipinski definition) is 6. The van der Waals surface area contributed by atoms with Crippen LogP contribution in [0.25, 0.3) is 0 Å². The Morgan fingerprint density at radius 1 is 1.31 bits per heavy atom. The summed E-state index contributed by atoms with van der Waals surface area (Å²) >= 11 is 0. The number of aromatic nitrogens is 4. The van der Waals surface area contributed by atoms with Gasteiger partial charge in [0, 0.05) is 11.9 Å². The molecule has 8 nitrogen and oxygen atoms in total. The predicted octanol–water partition coefficient (Wildman–Crippen LogP) is 2.16. The van der Waals surface area contributed by atoms with Gasteiger partial charge in [-0.2, -0.15) is 10.1 Å². The second kappa shape index (κ2) is 6.32. The first kappa shape index (κ1) is 15.8. The molecule has 0 aliphatic carbocycles. The maximum atomic E-state index is 13.0. The van der Waals surface area contributed by atoms with Crippen LogP contribution in [-0.2, 0) is 4.79 Å². The molecule has 2 aromatic heterocycles. The van der Waals surface area contributed by atoms with Gasteiger partial charge in [0.15, 0.2) is 0 Å². The molecule has 130 valence electrons. The zero-order chi connectivity index (χ0) is 18.1. The number of fused-ring (bicyclic) bond motifs is 1. The van der Waals surface area contributed by atoms with Crippen LogP contribution in [0.15, 0.2) is 67.4 Å². The van der Waals surface area contributed by atoms with Crippen molar-refractivity contribution in [3.05, 3.63) is 73.0 Å². The maximum absolute atomic E-state index is 13.0. The van der Waals surface area contributed by atoms with Crippen LogP contribution in [0.1, 0.15) is 11.6 Å². The summed E-state index contributed by atoms with van der Waals surface area (Å²) < 4.78 is 1.62. The summed E-state index contributed by atoms with van der Waals surface area (Å²) in [6, 6.07) is 9.75. The fraction of sp³-hybridized carbons (Fsp3) is 0.111. The second-order valence-electron chi connectivity index (χ2n) is 5.93. The minimum atomic E-state index is -0.661. The van der Waals surface area contributed by atoms with Crippen LogP contribution >= 0.6 is 0 Å². The Kier molecular flexibility index (Phi) is 3.85. The summed E-state index contributed by atoms with van der Waals surface area (Å²) in [5, 5.41) is 20.0. The third-order valence-electron chi connectivity index (χ3n) is 4.22. The first-order valence-electron chi connectivity index (χ1n) is 7.98. The molecule has 2 unspecified atom stereocenters. The van der Waals surface area contributed by atoms with Gasteiger partial charge in [-0.1, -0.05) is 18.7 Å². The van der Waals surface area contributed by atoms with E-state index < -0.39 is 12.0 Å². The van der Waals surface area contributed by atoms with E-state index in [0.29, 0.717) is 17.3 Å². The van der Waals surface area contributed by atoms with Crippen LogP contribution in [0.3, 0.4) is 0 Å². The average Bonchev–Trinajstić information content (AvgIpc) is 3.09. The molecule has 1 aromatic carbocycles. The molecule has 1 amide bonds.